The fourth-order valence-electron chi connectivity index (χ4n) is 9.85. The standard InChI is InChI=1S/C62H38N4/c1-3-18-47-43(14-1)37-55(51-22-7-5-20-49(47)51)39-28-32-41(33-29-39)59-53-24-9-11-26-57(53)63-61(65-59)45-16-13-17-46(36-45)62-64-58-27-12-10-25-54(58)60(66-62)42-34-30-40(31-35-42)56-38-44-15-2-4-19-48(44)50-21-6-8-23-52(50)56/h1-38H. The average molecular weight is 839 g/mol. The van der Waals surface area contributed by atoms with Crippen molar-refractivity contribution in [1.29, 1.82) is 0 Å². The number of para-hydroxylation sites is 2. The molecule has 11 aromatic carbocycles. The van der Waals surface area contributed by atoms with Crippen LogP contribution in [0.5, 0.6) is 0 Å². The van der Waals surface area contributed by atoms with Gasteiger partial charge in [0.15, 0.2) is 11.6 Å². The zero-order valence-corrected chi connectivity index (χ0v) is 35.7. The topological polar surface area (TPSA) is 51.6 Å². The molecule has 0 aliphatic rings. The van der Waals surface area contributed by atoms with Crippen molar-refractivity contribution in [3.8, 4) is 67.5 Å². The van der Waals surface area contributed by atoms with Gasteiger partial charge in [0.1, 0.15) is 0 Å². The smallest absolute Gasteiger partial charge is 0.160 e. The predicted molar refractivity (Wildman–Crippen MR) is 275 cm³/mol. The van der Waals surface area contributed by atoms with Gasteiger partial charge in [-0.3, -0.25) is 0 Å². The van der Waals surface area contributed by atoms with Gasteiger partial charge in [0, 0.05) is 33.0 Å². The number of nitrogens with zero attached hydrogens (tertiary/aromatic N) is 4. The normalized spacial score (nSPS) is 11.6. The molecule has 306 valence electrons. The van der Waals surface area contributed by atoms with Gasteiger partial charge in [0.2, 0.25) is 0 Å². The van der Waals surface area contributed by atoms with E-state index in [1.807, 2.05) is 18.2 Å². The molecule has 0 N–H and O–H groups in total. The molecule has 2 heterocycles. The Morgan fingerprint density at radius 1 is 0.212 bits per heavy atom. The van der Waals surface area contributed by atoms with Crippen LogP contribution in [-0.2, 0) is 0 Å². The molecule has 0 fully saturated rings. The fraction of sp³-hybridized carbons (Fsp3) is 0. The summed E-state index contributed by atoms with van der Waals surface area (Å²) in [6, 6.07) is 81.7. The lowest BCUT2D eigenvalue weighted by Crippen LogP contribution is -1.97. The summed E-state index contributed by atoms with van der Waals surface area (Å²) >= 11 is 0. The maximum absolute atomic E-state index is 5.30. The molecule has 2 aromatic heterocycles. The SMILES string of the molecule is c1cc(-c2nc(-c3ccc(-c4cc5ccccc5c5ccccc45)cc3)c3ccccc3n2)cc(-c2nc(-c3ccc(-c4cc5ccccc5c5ccccc45)cc3)c3ccccc3n2)c1. The highest BCUT2D eigenvalue weighted by Crippen LogP contribution is 2.39. The van der Waals surface area contributed by atoms with Gasteiger partial charge in [-0.05, 0) is 95.7 Å². The molecule has 0 atom stereocenters. The van der Waals surface area contributed by atoms with E-state index in [4.69, 9.17) is 19.9 Å². The van der Waals surface area contributed by atoms with Crippen LogP contribution in [0.4, 0.5) is 0 Å². The molecule has 0 saturated heterocycles. The van der Waals surface area contributed by atoms with Gasteiger partial charge in [-0.15, -0.1) is 0 Å². The van der Waals surface area contributed by atoms with Crippen molar-refractivity contribution in [3.63, 3.8) is 0 Å². The number of rotatable bonds is 6. The summed E-state index contributed by atoms with van der Waals surface area (Å²) in [6.45, 7) is 0. The van der Waals surface area contributed by atoms with Crippen molar-refractivity contribution in [1.82, 2.24) is 19.9 Å². The molecule has 66 heavy (non-hydrogen) atoms. The van der Waals surface area contributed by atoms with Crippen LogP contribution in [-0.4, -0.2) is 19.9 Å². The Morgan fingerprint density at radius 3 is 1.00 bits per heavy atom. The van der Waals surface area contributed by atoms with Crippen LogP contribution in [0.1, 0.15) is 0 Å². The summed E-state index contributed by atoms with van der Waals surface area (Å²) in [7, 11) is 0. The molecule has 0 bridgehead atoms. The minimum absolute atomic E-state index is 0.646. The highest BCUT2D eigenvalue weighted by Gasteiger charge is 2.17. The fourth-order valence-corrected chi connectivity index (χ4v) is 9.85. The quantitative estimate of drug-likeness (QED) is 0.157. The Bertz CT molecular complexity index is 3780. The van der Waals surface area contributed by atoms with E-state index in [0.29, 0.717) is 11.6 Å². The van der Waals surface area contributed by atoms with Gasteiger partial charge in [-0.2, -0.15) is 0 Å². The third-order valence-electron chi connectivity index (χ3n) is 13.1. The second-order valence-electron chi connectivity index (χ2n) is 16.9. The van der Waals surface area contributed by atoms with Gasteiger partial charge in [0.05, 0.1) is 22.4 Å². The van der Waals surface area contributed by atoms with E-state index in [0.717, 1.165) is 66.6 Å². The lowest BCUT2D eigenvalue weighted by atomic mass is 9.92. The van der Waals surface area contributed by atoms with E-state index in [2.05, 4.69) is 212 Å². The highest BCUT2D eigenvalue weighted by atomic mass is 14.9. The second-order valence-corrected chi connectivity index (χ2v) is 16.9. The summed E-state index contributed by atoms with van der Waals surface area (Å²) in [5.74, 6) is 1.29. The molecular formula is C62H38N4. The molecular weight excluding hydrogens is 801 g/mol. The Hall–Kier alpha value is -8.86. The largest absolute Gasteiger partial charge is 0.228 e. The molecule has 0 aliphatic heterocycles. The maximum Gasteiger partial charge on any atom is 0.160 e. The molecule has 0 radical (unpaired) electrons. The summed E-state index contributed by atoms with van der Waals surface area (Å²) in [5, 5.41) is 12.0. The number of fused-ring (bicyclic) bond motifs is 8. The van der Waals surface area contributed by atoms with Crippen molar-refractivity contribution >= 4 is 64.9 Å². The average Bonchev–Trinajstić information content (AvgIpc) is 3.40. The molecule has 4 heteroatoms. The van der Waals surface area contributed by atoms with Crippen LogP contribution < -0.4 is 0 Å². The monoisotopic (exact) mass is 838 g/mol. The lowest BCUT2D eigenvalue weighted by Gasteiger charge is -2.13. The van der Waals surface area contributed by atoms with E-state index in [9.17, 15) is 0 Å². The maximum atomic E-state index is 5.30. The first-order chi connectivity index (χ1) is 32.7. The molecule has 0 amide bonds. The molecule has 0 aliphatic carbocycles. The molecule has 0 spiro atoms. The van der Waals surface area contributed by atoms with Crippen LogP contribution in [0.2, 0.25) is 0 Å². The van der Waals surface area contributed by atoms with Crippen molar-refractivity contribution in [2.24, 2.45) is 0 Å². The molecule has 0 saturated carbocycles. The minimum atomic E-state index is 0.646. The molecule has 13 rings (SSSR count). The molecule has 0 unspecified atom stereocenters. The Morgan fingerprint density at radius 2 is 0.561 bits per heavy atom. The first-order valence-corrected chi connectivity index (χ1v) is 22.4. The van der Waals surface area contributed by atoms with E-state index in [-0.39, 0.29) is 0 Å². The summed E-state index contributed by atoms with van der Waals surface area (Å²) in [4.78, 5) is 20.9. The van der Waals surface area contributed by atoms with Crippen LogP contribution in [0.15, 0.2) is 231 Å². The van der Waals surface area contributed by atoms with E-state index in [1.165, 1.54) is 54.2 Å². The first kappa shape index (κ1) is 37.7. The van der Waals surface area contributed by atoms with Gasteiger partial charge in [0.25, 0.3) is 0 Å². The molecule has 13 aromatic rings. The van der Waals surface area contributed by atoms with Crippen LogP contribution >= 0.6 is 0 Å². The van der Waals surface area contributed by atoms with Crippen LogP contribution in [0.25, 0.3) is 132 Å². The van der Waals surface area contributed by atoms with Crippen LogP contribution in [0.3, 0.4) is 0 Å². The Balaban J connectivity index is 0.876. The highest BCUT2D eigenvalue weighted by molar-refractivity contribution is 6.15. The third-order valence-corrected chi connectivity index (χ3v) is 13.1. The van der Waals surface area contributed by atoms with Crippen molar-refractivity contribution in [2.75, 3.05) is 0 Å². The zero-order chi connectivity index (χ0) is 43.6. The number of hydrogen-bond acceptors (Lipinski definition) is 4. The van der Waals surface area contributed by atoms with Crippen molar-refractivity contribution < 1.29 is 0 Å². The van der Waals surface area contributed by atoms with E-state index in [1.54, 1.807) is 0 Å². The molecule has 4 nitrogen and oxygen atoms in total. The Kier molecular flexibility index (Phi) is 8.81. The van der Waals surface area contributed by atoms with Gasteiger partial charge >= 0.3 is 0 Å². The zero-order valence-electron chi connectivity index (χ0n) is 35.7. The van der Waals surface area contributed by atoms with Crippen LogP contribution in [0, 0.1) is 0 Å². The van der Waals surface area contributed by atoms with Gasteiger partial charge in [-0.1, -0.05) is 200 Å². The predicted octanol–water partition coefficient (Wildman–Crippen LogP) is 16.2. The van der Waals surface area contributed by atoms with Crippen molar-refractivity contribution in [2.45, 2.75) is 0 Å². The second kappa shape index (κ2) is 15.4. The Labute approximate surface area is 381 Å². The summed E-state index contributed by atoms with van der Waals surface area (Å²) < 4.78 is 0. The summed E-state index contributed by atoms with van der Waals surface area (Å²) in [5.41, 5.74) is 12.2. The third kappa shape index (κ3) is 6.38. The van der Waals surface area contributed by atoms with E-state index >= 15 is 0 Å². The lowest BCUT2D eigenvalue weighted by molar-refractivity contribution is 1.21. The van der Waals surface area contributed by atoms with Gasteiger partial charge in [-0.25, -0.2) is 19.9 Å². The van der Waals surface area contributed by atoms with Crippen molar-refractivity contribution in [3.05, 3.63) is 231 Å². The number of hydrogen-bond donors (Lipinski definition) is 0. The van der Waals surface area contributed by atoms with Gasteiger partial charge < -0.3 is 0 Å². The van der Waals surface area contributed by atoms with E-state index < -0.39 is 0 Å². The number of benzene rings is 11. The number of aromatic nitrogens is 4. The minimum Gasteiger partial charge on any atom is -0.228 e. The first-order valence-electron chi connectivity index (χ1n) is 22.4. The summed E-state index contributed by atoms with van der Waals surface area (Å²) in [6.07, 6.45) is 0.